The molecule has 2 amide bonds. The second kappa shape index (κ2) is 7.79. The minimum Gasteiger partial charge on any atom is -0.478 e. The molecule has 6 heteroatoms. The summed E-state index contributed by atoms with van der Waals surface area (Å²) in [4.78, 5) is 22.8. The van der Waals surface area contributed by atoms with E-state index in [0.717, 1.165) is 17.7 Å². The summed E-state index contributed by atoms with van der Waals surface area (Å²) in [6.07, 6.45) is 2.84. The van der Waals surface area contributed by atoms with Gasteiger partial charge < -0.3 is 15.7 Å². The molecule has 0 aromatic heterocycles. The van der Waals surface area contributed by atoms with Crippen LogP contribution in [0.15, 0.2) is 18.2 Å². The first-order chi connectivity index (χ1) is 9.47. The van der Waals surface area contributed by atoms with Crippen molar-refractivity contribution in [3.63, 3.8) is 0 Å². The summed E-state index contributed by atoms with van der Waals surface area (Å²) in [5.74, 6) is -0.166. The number of aromatic carboxylic acids is 1. The van der Waals surface area contributed by atoms with Gasteiger partial charge in [-0.05, 0) is 37.3 Å². The fraction of sp³-hybridized carbons (Fsp3) is 0.429. The SMILES string of the molecule is CCC(CSC)NC(=O)Nc1cc(C(=O)O)ccc1C. The summed E-state index contributed by atoms with van der Waals surface area (Å²) < 4.78 is 0. The maximum atomic E-state index is 11.9. The third kappa shape index (κ3) is 4.77. The van der Waals surface area contributed by atoms with E-state index < -0.39 is 5.97 Å². The van der Waals surface area contributed by atoms with Gasteiger partial charge in [-0.3, -0.25) is 0 Å². The summed E-state index contributed by atoms with van der Waals surface area (Å²) in [7, 11) is 0. The Morgan fingerprint density at radius 1 is 1.40 bits per heavy atom. The first-order valence-corrected chi connectivity index (χ1v) is 7.77. The third-order valence-corrected chi connectivity index (χ3v) is 3.66. The smallest absolute Gasteiger partial charge is 0.335 e. The van der Waals surface area contributed by atoms with Crippen molar-refractivity contribution in [2.75, 3.05) is 17.3 Å². The van der Waals surface area contributed by atoms with Gasteiger partial charge in [-0.1, -0.05) is 13.0 Å². The number of nitrogens with one attached hydrogen (secondary N) is 2. The molecule has 0 aliphatic heterocycles. The summed E-state index contributed by atoms with van der Waals surface area (Å²) in [6, 6.07) is 4.46. The van der Waals surface area contributed by atoms with Crippen LogP contribution in [0.5, 0.6) is 0 Å². The van der Waals surface area contributed by atoms with Crippen LogP contribution in [0.2, 0.25) is 0 Å². The average Bonchev–Trinajstić information content (AvgIpc) is 2.40. The van der Waals surface area contributed by atoms with Gasteiger partial charge in [0.15, 0.2) is 0 Å². The van der Waals surface area contributed by atoms with Gasteiger partial charge in [0.05, 0.1) is 5.56 Å². The van der Waals surface area contributed by atoms with Crippen LogP contribution in [0, 0.1) is 6.92 Å². The van der Waals surface area contributed by atoms with Gasteiger partial charge >= 0.3 is 12.0 Å². The van der Waals surface area contributed by atoms with Crippen LogP contribution in [0.4, 0.5) is 10.5 Å². The number of aryl methyl sites for hydroxylation is 1. The molecule has 0 spiro atoms. The van der Waals surface area contributed by atoms with Crippen molar-refractivity contribution in [2.45, 2.75) is 26.3 Å². The number of thioether (sulfide) groups is 1. The van der Waals surface area contributed by atoms with Crippen molar-refractivity contribution < 1.29 is 14.7 Å². The Hall–Kier alpha value is -1.69. The van der Waals surface area contributed by atoms with Crippen molar-refractivity contribution in [1.29, 1.82) is 0 Å². The summed E-state index contributed by atoms with van der Waals surface area (Å²) in [6.45, 7) is 3.83. The van der Waals surface area contributed by atoms with E-state index in [1.807, 2.05) is 20.1 Å². The topological polar surface area (TPSA) is 78.4 Å². The van der Waals surface area contributed by atoms with Gasteiger partial charge in [0.25, 0.3) is 0 Å². The molecule has 0 aliphatic rings. The molecule has 0 aliphatic carbocycles. The zero-order valence-corrected chi connectivity index (χ0v) is 12.7. The Labute approximate surface area is 123 Å². The maximum Gasteiger partial charge on any atom is 0.335 e. The molecule has 1 rings (SSSR count). The summed E-state index contributed by atoms with van der Waals surface area (Å²) >= 11 is 1.67. The van der Waals surface area contributed by atoms with Crippen LogP contribution >= 0.6 is 11.8 Å². The molecule has 0 bridgehead atoms. The second-order valence-corrected chi connectivity index (χ2v) is 5.40. The second-order valence-electron chi connectivity index (χ2n) is 4.49. The van der Waals surface area contributed by atoms with Gasteiger partial charge in [-0.25, -0.2) is 9.59 Å². The predicted molar refractivity (Wildman–Crippen MR) is 82.8 cm³/mol. The van der Waals surface area contributed by atoms with Crippen molar-refractivity contribution in [3.05, 3.63) is 29.3 Å². The first kappa shape index (κ1) is 16.4. The minimum atomic E-state index is -1.01. The molecular weight excluding hydrogens is 276 g/mol. The van der Waals surface area contributed by atoms with E-state index in [4.69, 9.17) is 5.11 Å². The highest BCUT2D eigenvalue weighted by Gasteiger charge is 2.12. The molecule has 0 saturated carbocycles. The highest BCUT2D eigenvalue weighted by atomic mass is 32.2. The fourth-order valence-electron chi connectivity index (χ4n) is 1.70. The first-order valence-electron chi connectivity index (χ1n) is 6.38. The molecular formula is C14H20N2O3S. The largest absolute Gasteiger partial charge is 0.478 e. The highest BCUT2D eigenvalue weighted by Crippen LogP contribution is 2.17. The zero-order chi connectivity index (χ0) is 15.1. The van der Waals surface area contributed by atoms with Crippen LogP contribution in [-0.4, -0.2) is 35.2 Å². The van der Waals surface area contributed by atoms with Gasteiger partial charge in [-0.2, -0.15) is 11.8 Å². The molecule has 0 radical (unpaired) electrons. The van der Waals surface area contributed by atoms with Crippen molar-refractivity contribution in [2.24, 2.45) is 0 Å². The van der Waals surface area contributed by atoms with E-state index in [2.05, 4.69) is 10.6 Å². The number of amides is 2. The van der Waals surface area contributed by atoms with Gasteiger partial charge in [0.2, 0.25) is 0 Å². The lowest BCUT2D eigenvalue weighted by Gasteiger charge is -2.17. The highest BCUT2D eigenvalue weighted by molar-refractivity contribution is 7.98. The van der Waals surface area contributed by atoms with E-state index in [9.17, 15) is 9.59 Å². The number of carboxylic acid groups (broad SMARTS) is 1. The lowest BCUT2D eigenvalue weighted by molar-refractivity contribution is 0.0697. The summed E-state index contributed by atoms with van der Waals surface area (Å²) in [5, 5.41) is 14.5. The molecule has 3 N–H and O–H groups in total. The molecule has 1 unspecified atom stereocenters. The Bertz CT molecular complexity index is 491. The molecule has 110 valence electrons. The van der Waals surface area contributed by atoms with Gasteiger partial charge in [0.1, 0.15) is 0 Å². The van der Waals surface area contributed by atoms with Crippen LogP contribution in [0.25, 0.3) is 0 Å². The Morgan fingerprint density at radius 3 is 2.65 bits per heavy atom. The van der Waals surface area contributed by atoms with Crippen molar-refractivity contribution in [1.82, 2.24) is 5.32 Å². The molecule has 1 aromatic carbocycles. The number of carboxylic acids is 1. The Balaban J connectivity index is 2.74. The molecule has 20 heavy (non-hydrogen) atoms. The number of anilines is 1. The lowest BCUT2D eigenvalue weighted by Crippen LogP contribution is -2.39. The lowest BCUT2D eigenvalue weighted by atomic mass is 10.1. The number of hydrogen-bond donors (Lipinski definition) is 3. The van der Waals surface area contributed by atoms with E-state index in [1.165, 1.54) is 12.1 Å². The van der Waals surface area contributed by atoms with Gasteiger partial charge in [0, 0.05) is 17.5 Å². The zero-order valence-electron chi connectivity index (χ0n) is 11.9. The van der Waals surface area contributed by atoms with Gasteiger partial charge in [-0.15, -0.1) is 0 Å². The normalized spacial score (nSPS) is 11.8. The predicted octanol–water partition coefficient (Wildman–Crippen LogP) is 2.96. The Morgan fingerprint density at radius 2 is 2.10 bits per heavy atom. The van der Waals surface area contributed by atoms with Crippen molar-refractivity contribution >= 4 is 29.4 Å². The van der Waals surface area contributed by atoms with E-state index >= 15 is 0 Å². The number of carbonyl (C=O) groups excluding carboxylic acids is 1. The number of benzene rings is 1. The Kier molecular flexibility index (Phi) is 6.38. The van der Waals surface area contributed by atoms with Crippen molar-refractivity contribution in [3.8, 4) is 0 Å². The van der Waals surface area contributed by atoms with Crippen LogP contribution in [-0.2, 0) is 0 Å². The number of hydrogen-bond acceptors (Lipinski definition) is 3. The van der Waals surface area contributed by atoms with Crippen LogP contribution in [0.3, 0.4) is 0 Å². The van der Waals surface area contributed by atoms with E-state index in [1.54, 1.807) is 17.8 Å². The molecule has 0 heterocycles. The monoisotopic (exact) mass is 296 g/mol. The fourth-order valence-corrected chi connectivity index (χ4v) is 2.42. The quantitative estimate of drug-likeness (QED) is 0.754. The van der Waals surface area contributed by atoms with Crippen LogP contribution in [0.1, 0.15) is 29.3 Å². The minimum absolute atomic E-state index is 0.105. The number of carbonyl (C=O) groups is 2. The molecule has 1 aromatic rings. The third-order valence-electron chi connectivity index (χ3n) is 2.93. The average molecular weight is 296 g/mol. The number of urea groups is 1. The standard InChI is InChI=1S/C14H20N2O3S/c1-4-11(8-20-3)15-14(19)16-12-7-10(13(17)18)6-5-9(12)2/h5-7,11H,4,8H2,1-3H3,(H,17,18)(H2,15,16,19). The van der Waals surface area contributed by atoms with E-state index in [0.29, 0.717) is 5.69 Å². The molecule has 0 fully saturated rings. The maximum absolute atomic E-state index is 11.9. The number of rotatable bonds is 6. The molecule has 1 atom stereocenters. The molecule has 5 nitrogen and oxygen atoms in total. The summed E-state index contributed by atoms with van der Waals surface area (Å²) in [5.41, 5.74) is 1.49. The van der Waals surface area contributed by atoms with Crippen LogP contribution < -0.4 is 10.6 Å². The van der Waals surface area contributed by atoms with E-state index in [-0.39, 0.29) is 17.6 Å². The molecule has 0 saturated heterocycles.